The van der Waals surface area contributed by atoms with Gasteiger partial charge in [0, 0.05) is 49.3 Å². The molecule has 5 nitrogen and oxygen atoms in total. The Morgan fingerprint density at radius 2 is 1.09 bits per heavy atom. The number of allylic oxidation sites excluding steroid dienone is 2. The van der Waals surface area contributed by atoms with Crippen molar-refractivity contribution in [2.75, 3.05) is 0 Å². The van der Waals surface area contributed by atoms with Crippen LogP contribution in [0.25, 0.3) is 106 Å². The molecule has 0 spiro atoms. The molecular formula is C53H36N4O. The van der Waals surface area contributed by atoms with Gasteiger partial charge in [-0.15, -0.1) is 0 Å². The molecule has 11 aromatic rings. The average Bonchev–Trinajstić information content (AvgIpc) is 3.91. The van der Waals surface area contributed by atoms with Crippen molar-refractivity contribution < 1.29 is 4.42 Å². The van der Waals surface area contributed by atoms with Gasteiger partial charge in [-0.3, -0.25) is 4.57 Å². The van der Waals surface area contributed by atoms with Crippen LogP contribution >= 0.6 is 0 Å². The average molecular weight is 745 g/mol. The second-order valence-electron chi connectivity index (χ2n) is 14.7. The highest BCUT2D eigenvalue weighted by Gasteiger charge is 2.22. The van der Waals surface area contributed by atoms with Crippen LogP contribution in [0.1, 0.15) is 11.3 Å². The summed E-state index contributed by atoms with van der Waals surface area (Å²) in [6, 6.07) is 60.0. The number of furan rings is 1. The largest absolute Gasteiger partial charge is 0.456 e. The lowest BCUT2D eigenvalue weighted by atomic mass is 10.0. The second kappa shape index (κ2) is 13.5. The summed E-state index contributed by atoms with van der Waals surface area (Å²) in [5.41, 5.74) is 13.1. The molecule has 0 radical (unpaired) electrons. The van der Waals surface area contributed by atoms with E-state index in [1.807, 2.05) is 18.2 Å². The van der Waals surface area contributed by atoms with Crippen LogP contribution in [0.3, 0.4) is 0 Å². The predicted molar refractivity (Wildman–Crippen MR) is 241 cm³/mol. The lowest BCUT2D eigenvalue weighted by Crippen LogP contribution is -2.04. The van der Waals surface area contributed by atoms with Gasteiger partial charge in [-0.25, -0.2) is 9.97 Å². The van der Waals surface area contributed by atoms with Gasteiger partial charge in [0.15, 0.2) is 0 Å². The van der Waals surface area contributed by atoms with Crippen LogP contribution in [0.4, 0.5) is 0 Å². The summed E-state index contributed by atoms with van der Waals surface area (Å²) in [4.78, 5) is 10.9. The van der Waals surface area contributed by atoms with Crippen molar-refractivity contribution in [3.63, 3.8) is 0 Å². The van der Waals surface area contributed by atoms with Crippen molar-refractivity contribution in [2.45, 2.75) is 6.92 Å². The van der Waals surface area contributed by atoms with Crippen molar-refractivity contribution in [1.29, 1.82) is 0 Å². The molecule has 0 aliphatic rings. The van der Waals surface area contributed by atoms with Crippen molar-refractivity contribution >= 4 is 60.7 Å². The number of aromatic nitrogens is 4. The maximum Gasteiger partial charge on any atom is 0.235 e. The lowest BCUT2D eigenvalue weighted by Gasteiger charge is -2.13. The first-order valence-electron chi connectivity index (χ1n) is 19.5. The minimum Gasteiger partial charge on any atom is -0.456 e. The van der Waals surface area contributed by atoms with Gasteiger partial charge in [0.1, 0.15) is 11.3 Å². The van der Waals surface area contributed by atoms with Gasteiger partial charge in [0.05, 0.1) is 33.5 Å². The van der Waals surface area contributed by atoms with Crippen molar-refractivity contribution in [3.05, 3.63) is 200 Å². The normalized spacial score (nSPS) is 11.9. The molecule has 5 heteroatoms. The minimum atomic E-state index is 0.585. The van der Waals surface area contributed by atoms with Crippen molar-refractivity contribution in [3.8, 4) is 45.3 Å². The summed E-state index contributed by atoms with van der Waals surface area (Å²) >= 11 is 0. The Hall–Kier alpha value is -7.76. The highest BCUT2D eigenvalue weighted by Crippen LogP contribution is 2.41. The SMILES string of the molecule is C=C/C=C\c1oc2c(-c3cc(-c4cccc(-c5ccccc5)c4)nc(-n4c5ccccc5c5cc6c(cc54)c4ccccc4n6-c4ccccc4)n3)cccc2c1C. The first-order chi connectivity index (χ1) is 28.6. The zero-order chi connectivity index (χ0) is 38.7. The molecule has 0 saturated carbocycles. The molecule has 0 saturated heterocycles. The monoisotopic (exact) mass is 744 g/mol. The Labute approximate surface area is 335 Å². The van der Waals surface area contributed by atoms with Gasteiger partial charge in [-0.05, 0) is 78.7 Å². The Kier molecular flexibility index (Phi) is 7.79. The number of hydrogen-bond donors (Lipinski definition) is 0. The molecule has 0 fully saturated rings. The van der Waals surface area contributed by atoms with Crippen LogP contribution in [-0.4, -0.2) is 19.1 Å². The van der Waals surface area contributed by atoms with Crippen LogP contribution in [-0.2, 0) is 0 Å². The lowest BCUT2D eigenvalue weighted by molar-refractivity contribution is 0.602. The number of para-hydroxylation sites is 4. The molecule has 0 aliphatic carbocycles. The molecule has 0 bridgehead atoms. The molecule has 0 atom stereocenters. The van der Waals surface area contributed by atoms with Gasteiger partial charge in [-0.1, -0.05) is 134 Å². The zero-order valence-corrected chi connectivity index (χ0v) is 31.8. The van der Waals surface area contributed by atoms with Crippen LogP contribution in [0.2, 0.25) is 0 Å². The van der Waals surface area contributed by atoms with Crippen molar-refractivity contribution in [1.82, 2.24) is 19.1 Å². The number of hydrogen-bond acceptors (Lipinski definition) is 3. The fourth-order valence-corrected chi connectivity index (χ4v) is 8.59. The number of nitrogens with zero attached hydrogens (tertiary/aromatic N) is 4. The van der Waals surface area contributed by atoms with Crippen LogP contribution in [0.15, 0.2) is 193 Å². The highest BCUT2D eigenvalue weighted by molar-refractivity contribution is 6.19. The number of aryl methyl sites for hydroxylation is 1. The van der Waals surface area contributed by atoms with E-state index in [1.54, 1.807) is 6.08 Å². The Balaban J connectivity index is 1.21. The molecule has 274 valence electrons. The third kappa shape index (κ3) is 5.32. The molecule has 4 heterocycles. The van der Waals surface area contributed by atoms with E-state index in [0.29, 0.717) is 5.95 Å². The van der Waals surface area contributed by atoms with E-state index in [-0.39, 0.29) is 0 Å². The molecule has 0 unspecified atom stereocenters. The summed E-state index contributed by atoms with van der Waals surface area (Å²) in [6.45, 7) is 5.96. The molecule has 4 aromatic heterocycles. The van der Waals surface area contributed by atoms with E-state index in [1.165, 1.54) is 10.8 Å². The maximum atomic E-state index is 6.60. The predicted octanol–water partition coefficient (Wildman–Crippen LogP) is 13.9. The Bertz CT molecular complexity index is 3420. The van der Waals surface area contributed by atoms with Crippen LogP contribution < -0.4 is 0 Å². The minimum absolute atomic E-state index is 0.585. The smallest absolute Gasteiger partial charge is 0.235 e. The molecule has 7 aromatic carbocycles. The van der Waals surface area contributed by atoms with E-state index >= 15 is 0 Å². The number of fused-ring (bicyclic) bond motifs is 7. The van der Waals surface area contributed by atoms with E-state index in [9.17, 15) is 0 Å². The highest BCUT2D eigenvalue weighted by atomic mass is 16.3. The third-order valence-corrected chi connectivity index (χ3v) is 11.3. The quantitative estimate of drug-likeness (QED) is 0.153. The molecular weight excluding hydrogens is 709 g/mol. The molecule has 0 aliphatic heterocycles. The maximum absolute atomic E-state index is 6.60. The molecule has 0 amide bonds. The fraction of sp³-hybridized carbons (Fsp3) is 0.0189. The third-order valence-electron chi connectivity index (χ3n) is 11.3. The van der Waals surface area contributed by atoms with Gasteiger partial charge >= 0.3 is 0 Å². The summed E-state index contributed by atoms with van der Waals surface area (Å²) in [6.07, 6.45) is 5.63. The Morgan fingerprint density at radius 3 is 1.83 bits per heavy atom. The topological polar surface area (TPSA) is 48.8 Å². The van der Waals surface area contributed by atoms with Gasteiger partial charge in [-0.2, -0.15) is 0 Å². The second-order valence-corrected chi connectivity index (χ2v) is 14.7. The number of benzene rings is 7. The Morgan fingerprint density at radius 1 is 0.500 bits per heavy atom. The molecule has 11 rings (SSSR count). The molecule has 58 heavy (non-hydrogen) atoms. The summed E-state index contributed by atoms with van der Waals surface area (Å²) in [7, 11) is 0. The van der Waals surface area contributed by atoms with Crippen molar-refractivity contribution in [2.24, 2.45) is 0 Å². The van der Waals surface area contributed by atoms with Crippen LogP contribution in [0, 0.1) is 6.92 Å². The molecule has 0 N–H and O–H groups in total. The summed E-state index contributed by atoms with van der Waals surface area (Å²) in [5.74, 6) is 1.38. The number of rotatable bonds is 7. The zero-order valence-electron chi connectivity index (χ0n) is 31.8. The summed E-state index contributed by atoms with van der Waals surface area (Å²) < 4.78 is 11.2. The van der Waals surface area contributed by atoms with Gasteiger partial charge in [0.2, 0.25) is 5.95 Å². The standard InChI is InChI=1S/C53H36N4O/c1-3-4-29-51-34(2)39-25-16-26-42(52(39)58-51)46-33-45(37-20-15-19-36(30-37)35-17-7-5-8-18-35)54-53(55-46)57-48-28-14-12-24-41(48)44-31-49-43(32-50(44)57)40-23-11-13-27-47(40)56(49)38-21-9-6-10-22-38/h3-33H,1H2,2H3/b29-4-. The first kappa shape index (κ1) is 33.6. The fourth-order valence-electron chi connectivity index (χ4n) is 8.59. The van der Waals surface area contributed by atoms with Gasteiger partial charge in [0.25, 0.3) is 0 Å². The van der Waals surface area contributed by atoms with E-state index in [4.69, 9.17) is 14.4 Å². The first-order valence-corrected chi connectivity index (χ1v) is 19.5. The van der Waals surface area contributed by atoms with Gasteiger partial charge < -0.3 is 8.98 Å². The van der Waals surface area contributed by atoms with Crippen LogP contribution in [0.5, 0.6) is 0 Å². The van der Waals surface area contributed by atoms with E-state index < -0.39 is 0 Å². The van der Waals surface area contributed by atoms with E-state index in [2.05, 4.69) is 186 Å². The van der Waals surface area contributed by atoms with E-state index in [0.717, 1.165) is 94.5 Å². The summed E-state index contributed by atoms with van der Waals surface area (Å²) in [5, 5.41) is 5.66.